The maximum absolute atomic E-state index is 13.2. The highest BCUT2D eigenvalue weighted by Gasteiger charge is 2.12. The maximum Gasteiger partial charge on any atom is 0.352 e. The molecule has 0 amide bonds. The molecular formula is C16H9ClFN3O2. The highest BCUT2D eigenvalue weighted by atomic mass is 35.5. The number of nitriles is 1. The first-order valence-corrected chi connectivity index (χ1v) is 6.88. The van der Waals surface area contributed by atoms with Gasteiger partial charge in [-0.3, -0.25) is 0 Å². The number of aromatic nitrogens is 1. The average Bonchev–Trinajstić information content (AvgIpc) is 2.95. The van der Waals surface area contributed by atoms with E-state index in [1.54, 1.807) is 12.1 Å². The molecule has 1 heterocycles. The van der Waals surface area contributed by atoms with Gasteiger partial charge in [-0.2, -0.15) is 5.26 Å². The molecule has 0 spiro atoms. The number of anilines is 2. The van der Waals surface area contributed by atoms with Crippen LogP contribution in [-0.2, 0) is 0 Å². The van der Waals surface area contributed by atoms with Gasteiger partial charge in [-0.05, 0) is 36.4 Å². The van der Waals surface area contributed by atoms with Crippen molar-refractivity contribution in [3.63, 3.8) is 0 Å². The van der Waals surface area contributed by atoms with Crippen molar-refractivity contribution in [2.45, 2.75) is 0 Å². The zero-order valence-corrected chi connectivity index (χ0v) is 12.3. The topological polar surface area (TPSA) is 88.9 Å². The van der Waals surface area contributed by atoms with E-state index < -0.39 is 11.8 Å². The second-order valence-corrected chi connectivity index (χ2v) is 5.25. The van der Waals surface area contributed by atoms with Crippen LogP contribution in [0.25, 0.3) is 10.9 Å². The van der Waals surface area contributed by atoms with Crippen LogP contribution in [0.1, 0.15) is 16.1 Å². The summed E-state index contributed by atoms with van der Waals surface area (Å²) in [5.41, 5.74) is 1.91. The largest absolute Gasteiger partial charge is 0.477 e. The molecule has 0 bridgehead atoms. The molecule has 3 rings (SSSR count). The van der Waals surface area contributed by atoms with E-state index in [4.69, 9.17) is 22.0 Å². The van der Waals surface area contributed by atoms with Gasteiger partial charge in [-0.1, -0.05) is 11.6 Å². The third kappa shape index (κ3) is 2.82. The van der Waals surface area contributed by atoms with Crippen molar-refractivity contribution >= 4 is 39.8 Å². The molecule has 0 aliphatic heterocycles. The Hall–Kier alpha value is -3.04. The van der Waals surface area contributed by atoms with Crippen LogP contribution in [0.4, 0.5) is 15.8 Å². The monoisotopic (exact) mass is 329 g/mol. The highest BCUT2D eigenvalue weighted by molar-refractivity contribution is 6.31. The highest BCUT2D eigenvalue weighted by Crippen LogP contribution is 2.30. The Morgan fingerprint density at radius 2 is 2.09 bits per heavy atom. The first-order chi connectivity index (χ1) is 11.0. The summed E-state index contributed by atoms with van der Waals surface area (Å²) in [5.74, 6) is -1.64. The summed E-state index contributed by atoms with van der Waals surface area (Å²) in [6.45, 7) is 0. The van der Waals surface area contributed by atoms with E-state index in [2.05, 4.69) is 10.3 Å². The molecule has 7 heteroatoms. The number of nitrogens with zero attached hydrogens (tertiary/aromatic N) is 1. The number of carboxylic acid groups (broad SMARTS) is 1. The zero-order valence-electron chi connectivity index (χ0n) is 11.5. The molecule has 0 saturated heterocycles. The second-order valence-electron chi connectivity index (χ2n) is 4.84. The number of rotatable bonds is 3. The second kappa shape index (κ2) is 5.63. The number of aromatic amines is 1. The lowest BCUT2D eigenvalue weighted by molar-refractivity contribution is 0.0691. The number of H-pyrrole nitrogens is 1. The van der Waals surface area contributed by atoms with Gasteiger partial charge in [-0.15, -0.1) is 0 Å². The molecule has 114 valence electrons. The van der Waals surface area contributed by atoms with Crippen molar-refractivity contribution < 1.29 is 14.3 Å². The molecule has 2 aromatic carbocycles. The molecule has 0 atom stereocenters. The lowest BCUT2D eigenvalue weighted by Crippen LogP contribution is -1.94. The predicted molar refractivity (Wildman–Crippen MR) is 84.7 cm³/mol. The molecule has 1 aromatic heterocycles. The van der Waals surface area contributed by atoms with E-state index in [-0.39, 0.29) is 10.7 Å². The molecule has 0 fully saturated rings. The lowest BCUT2D eigenvalue weighted by Gasteiger charge is -2.09. The minimum Gasteiger partial charge on any atom is -0.477 e. The number of hydrogen-bond donors (Lipinski definition) is 3. The summed E-state index contributed by atoms with van der Waals surface area (Å²) in [5, 5.41) is 21.8. The molecule has 0 aliphatic rings. The van der Waals surface area contributed by atoms with E-state index in [0.29, 0.717) is 27.8 Å². The molecule has 0 radical (unpaired) electrons. The first-order valence-electron chi connectivity index (χ1n) is 6.50. The van der Waals surface area contributed by atoms with Crippen LogP contribution >= 0.6 is 11.6 Å². The van der Waals surface area contributed by atoms with Gasteiger partial charge in [0.1, 0.15) is 11.5 Å². The number of hydrogen-bond acceptors (Lipinski definition) is 3. The number of fused-ring (bicyclic) bond motifs is 1. The van der Waals surface area contributed by atoms with Crippen molar-refractivity contribution in [3.05, 3.63) is 58.5 Å². The van der Waals surface area contributed by atoms with E-state index >= 15 is 0 Å². The van der Waals surface area contributed by atoms with E-state index in [0.717, 1.165) is 0 Å². The molecule has 5 nitrogen and oxygen atoms in total. The number of aromatic carboxylic acids is 1. The Kier molecular flexibility index (Phi) is 3.64. The summed E-state index contributed by atoms with van der Waals surface area (Å²) in [4.78, 5) is 13.8. The Morgan fingerprint density at radius 3 is 2.74 bits per heavy atom. The number of carboxylic acids is 1. The summed E-state index contributed by atoms with van der Waals surface area (Å²) in [7, 11) is 0. The van der Waals surface area contributed by atoms with E-state index in [1.807, 2.05) is 6.07 Å². The number of carbonyl (C=O) groups is 1. The molecule has 0 saturated carbocycles. The van der Waals surface area contributed by atoms with Gasteiger partial charge in [0, 0.05) is 22.3 Å². The standard InChI is InChI=1S/C16H9ClFN3O2/c17-11-5-9(1-2-12(11)18)20-13-3-8(7-19)4-14-10(13)6-15(21-14)16(22)23/h1-6,20-21H,(H,22,23). The molecule has 23 heavy (non-hydrogen) atoms. The minimum absolute atomic E-state index is 0.00952. The van der Waals surface area contributed by atoms with E-state index in [9.17, 15) is 9.18 Å². The average molecular weight is 330 g/mol. The molecular weight excluding hydrogens is 321 g/mol. The van der Waals surface area contributed by atoms with Gasteiger partial charge >= 0.3 is 5.97 Å². The quantitative estimate of drug-likeness (QED) is 0.669. The van der Waals surface area contributed by atoms with Crippen LogP contribution in [0.5, 0.6) is 0 Å². The molecule has 0 aliphatic carbocycles. The van der Waals surface area contributed by atoms with Crippen molar-refractivity contribution in [2.24, 2.45) is 0 Å². The Labute approximate surface area is 134 Å². The van der Waals surface area contributed by atoms with Gasteiger partial charge in [0.2, 0.25) is 0 Å². The summed E-state index contributed by atoms with van der Waals surface area (Å²) >= 11 is 5.75. The van der Waals surface area contributed by atoms with Crippen molar-refractivity contribution in [1.82, 2.24) is 4.98 Å². The Morgan fingerprint density at radius 1 is 1.30 bits per heavy atom. The third-order valence-electron chi connectivity index (χ3n) is 3.30. The van der Waals surface area contributed by atoms with Crippen LogP contribution in [0.3, 0.4) is 0 Å². The molecule has 0 unspecified atom stereocenters. The lowest BCUT2D eigenvalue weighted by atomic mass is 10.1. The van der Waals surface area contributed by atoms with Gasteiger partial charge in [-0.25, -0.2) is 9.18 Å². The maximum atomic E-state index is 13.2. The first kappa shape index (κ1) is 14.9. The number of nitrogens with one attached hydrogen (secondary N) is 2. The van der Waals surface area contributed by atoms with Crippen molar-refractivity contribution in [2.75, 3.05) is 5.32 Å². The SMILES string of the molecule is N#Cc1cc(Nc2ccc(F)c(Cl)c2)c2cc(C(=O)O)[nH]c2c1. The van der Waals surface area contributed by atoms with Crippen LogP contribution in [0.2, 0.25) is 5.02 Å². The van der Waals surface area contributed by atoms with Crippen LogP contribution in [-0.4, -0.2) is 16.1 Å². The molecule has 3 aromatic rings. The normalized spacial score (nSPS) is 10.5. The van der Waals surface area contributed by atoms with Crippen LogP contribution in [0.15, 0.2) is 36.4 Å². The van der Waals surface area contributed by atoms with Crippen LogP contribution in [0, 0.1) is 17.1 Å². The summed E-state index contributed by atoms with van der Waals surface area (Å²) in [6.07, 6.45) is 0. The number of benzene rings is 2. The number of halogens is 2. The van der Waals surface area contributed by atoms with Gasteiger partial charge < -0.3 is 15.4 Å². The molecule has 3 N–H and O–H groups in total. The Bertz CT molecular complexity index is 975. The van der Waals surface area contributed by atoms with Gasteiger partial charge in [0.15, 0.2) is 0 Å². The van der Waals surface area contributed by atoms with E-state index in [1.165, 1.54) is 24.3 Å². The van der Waals surface area contributed by atoms with Crippen LogP contribution < -0.4 is 5.32 Å². The Balaban J connectivity index is 2.12. The summed E-state index contributed by atoms with van der Waals surface area (Å²) in [6, 6.07) is 10.7. The minimum atomic E-state index is -1.10. The third-order valence-corrected chi connectivity index (χ3v) is 3.59. The summed E-state index contributed by atoms with van der Waals surface area (Å²) < 4.78 is 13.2. The fraction of sp³-hybridized carbons (Fsp3) is 0. The zero-order chi connectivity index (χ0) is 16.6. The fourth-order valence-electron chi connectivity index (χ4n) is 2.25. The van der Waals surface area contributed by atoms with Gasteiger partial charge in [0.25, 0.3) is 0 Å². The smallest absolute Gasteiger partial charge is 0.352 e. The van der Waals surface area contributed by atoms with Crippen molar-refractivity contribution in [1.29, 1.82) is 5.26 Å². The fourth-order valence-corrected chi connectivity index (χ4v) is 2.43. The van der Waals surface area contributed by atoms with Gasteiger partial charge in [0.05, 0.1) is 16.7 Å². The predicted octanol–water partition coefficient (Wildman–Crippen LogP) is 4.27. The van der Waals surface area contributed by atoms with Crippen molar-refractivity contribution in [3.8, 4) is 6.07 Å².